The predicted octanol–water partition coefficient (Wildman–Crippen LogP) is 1.85. The molecule has 0 amide bonds. The molecule has 86 valence electrons. The van der Waals surface area contributed by atoms with Crippen LogP contribution >= 0.6 is 0 Å². The summed E-state index contributed by atoms with van der Waals surface area (Å²) in [7, 11) is 0. The third-order valence-corrected chi connectivity index (χ3v) is 2.64. The molecule has 1 aromatic carbocycles. The average molecular weight is 235 g/mol. The summed E-state index contributed by atoms with van der Waals surface area (Å²) in [5.41, 5.74) is 8.72. The van der Waals surface area contributed by atoms with Crippen LogP contribution in [0.5, 0.6) is 0 Å². The maximum absolute atomic E-state index is 8.79. The summed E-state index contributed by atoms with van der Waals surface area (Å²) in [4.78, 5) is 8.27. The van der Waals surface area contributed by atoms with E-state index < -0.39 is 0 Å². The van der Waals surface area contributed by atoms with Crippen LogP contribution in [0.2, 0.25) is 0 Å². The van der Waals surface area contributed by atoms with Crippen molar-refractivity contribution in [2.75, 3.05) is 5.73 Å². The Labute approximate surface area is 103 Å². The highest BCUT2D eigenvalue weighted by Crippen LogP contribution is 2.20. The highest BCUT2D eigenvalue weighted by Gasteiger charge is 2.04. The maximum Gasteiger partial charge on any atom is 0.235 e. The minimum atomic E-state index is 0.354. The number of hydrogen-bond acceptors (Lipinski definition) is 4. The molecule has 0 radical (unpaired) electrons. The van der Waals surface area contributed by atoms with E-state index >= 15 is 0 Å². The first-order valence-electron chi connectivity index (χ1n) is 5.37. The molecule has 2 aromatic heterocycles. The van der Waals surface area contributed by atoms with Crippen LogP contribution in [0.3, 0.4) is 0 Å². The smallest absolute Gasteiger partial charge is 0.235 e. The molecule has 0 fully saturated rings. The molecular weight excluding hydrogens is 226 g/mol. The van der Waals surface area contributed by atoms with Gasteiger partial charge in [0.25, 0.3) is 0 Å². The summed E-state index contributed by atoms with van der Waals surface area (Å²) < 4.78 is 1.73. The molecule has 2 heterocycles. The van der Waals surface area contributed by atoms with Crippen molar-refractivity contribution in [1.29, 1.82) is 5.26 Å². The van der Waals surface area contributed by atoms with E-state index in [4.69, 9.17) is 11.0 Å². The van der Waals surface area contributed by atoms with Crippen LogP contribution in [0, 0.1) is 11.3 Å². The van der Waals surface area contributed by atoms with Gasteiger partial charge in [-0.1, -0.05) is 12.1 Å². The summed E-state index contributed by atoms with van der Waals surface area (Å²) >= 11 is 0. The van der Waals surface area contributed by atoms with Crippen molar-refractivity contribution in [3.05, 3.63) is 48.5 Å². The molecule has 0 atom stereocenters. The van der Waals surface area contributed by atoms with Crippen molar-refractivity contribution in [3.8, 4) is 17.2 Å². The molecule has 3 rings (SSSR count). The van der Waals surface area contributed by atoms with Crippen LogP contribution in [-0.4, -0.2) is 14.4 Å². The monoisotopic (exact) mass is 235 g/mol. The topological polar surface area (TPSA) is 80.0 Å². The second-order valence-electron chi connectivity index (χ2n) is 3.91. The normalized spacial score (nSPS) is 10.4. The number of aromatic nitrogens is 3. The standard InChI is InChI=1S/C13H9N5/c14-5-12-8-18-7-10(6-16-13(18)17-12)9-2-1-3-11(15)4-9/h1-4,6-8H,15H2. The van der Waals surface area contributed by atoms with E-state index in [1.807, 2.05) is 36.5 Å². The molecule has 3 aromatic rings. The van der Waals surface area contributed by atoms with Crippen molar-refractivity contribution in [1.82, 2.24) is 14.4 Å². The Hall–Kier alpha value is -2.87. The Bertz CT molecular complexity index is 766. The van der Waals surface area contributed by atoms with Gasteiger partial charge in [-0.2, -0.15) is 10.2 Å². The van der Waals surface area contributed by atoms with Gasteiger partial charge >= 0.3 is 0 Å². The number of imidazole rings is 1. The molecule has 0 unspecified atom stereocenters. The fourth-order valence-corrected chi connectivity index (χ4v) is 1.81. The van der Waals surface area contributed by atoms with E-state index in [1.165, 1.54) is 0 Å². The number of fused-ring (bicyclic) bond motifs is 1. The predicted molar refractivity (Wildman–Crippen MR) is 67.6 cm³/mol. The van der Waals surface area contributed by atoms with E-state index in [0.29, 0.717) is 17.2 Å². The van der Waals surface area contributed by atoms with E-state index in [1.54, 1.807) is 16.8 Å². The van der Waals surface area contributed by atoms with Gasteiger partial charge in [0.15, 0.2) is 5.69 Å². The number of rotatable bonds is 1. The van der Waals surface area contributed by atoms with Gasteiger partial charge < -0.3 is 5.73 Å². The van der Waals surface area contributed by atoms with Crippen molar-refractivity contribution in [3.63, 3.8) is 0 Å². The van der Waals surface area contributed by atoms with Gasteiger partial charge in [0.05, 0.1) is 0 Å². The molecule has 0 bridgehead atoms. The Kier molecular flexibility index (Phi) is 2.21. The van der Waals surface area contributed by atoms with E-state index in [9.17, 15) is 0 Å². The Balaban J connectivity index is 2.16. The molecule has 0 saturated carbocycles. The van der Waals surface area contributed by atoms with Gasteiger partial charge in [-0.3, -0.25) is 4.40 Å². The van der Waals surface area contributed by atoms with Crippen molar-refractivity contribution < 1.29 is 0 Å². The Morgan fingerprint density at radius 2 is 2.11 bits per heavy atom. The first kappa shape index (κ1) is 10.3. The number of benzene rings is 1. The lowest BCUT2D eigenvalue weighted by molar-refractivity contribution is 1.11. The lowest BCUT2D eigenvalue weighted by Crippen LogP contribution is -1.90. The molecule has 0 spiro atoms. The first-order chi connectivity index (χ1) is 8.76. The molecule has 0 aliphatic carbocycles. The van der Waals surface area contributed by atoms with Gasteiger partial charge in [0, 0.05) is 29.8 Å². The average Bonchev–Trinajstić information content (AvgIpc) is 2.80. The number of nitrogen functional groups attached to an aromatic ring is 1. The number of nitrogens with two attached hydrogens (primary N) is 1. The fourth-order valence-electron chi connectivity index (χ4n) is 1.81. The van der Waals surface area contributed by atoms with Crippen LogP contribution in [0.15, 0.2) is 42.9 Å². The Morgan fingerprint density at radius 1 is 1.22 bits per heavy atom. The number of nitriles is 1. The van der Waals surface area contributed by atoms with Gasteiger partial charge in [0.1, 0.15) is 6.07 Å². The van der Waals surface area contributed by atoms with Crippen molar-refractivity contribution in [2.45, 2.75) is 0 Å². The van der Waals surface area contributed by atoms with Gasteiger partial charge in [-0.25, -0.2) is 4.98 Å². The van der Waals surface area contributed by atoms with Crippen LogP contribution in [0.4, 0.5) is 5.69 Å². The van der Waals surface area contributed by atoms with Gasteiger partial charge in [-0.05, 0) is 17.7 Å². The number of anilines is 1. The van der Waals surface area contributed by atoms with Crippen LogP contribution < -0.4 is 5.73 Å². The third kappa shape index (κ3) is 1.66. The van der Waals surface area contributed by atoms with Crippen LogP contribution in [-0.2, 0) is 0 Å². The highest BCUT2D eigenvalue weighted by molar-refractivity contribution is 5.66. The summed E-state index contributed by atoms with van der Waals surface area (Å²) in [5, 5.41) is 8.79. The number of nitrogens with zero attached hydrogens (tertiary/aromatic N) is 4. The molecule has 5 nitrogen and oxygen atoms in total. The minimum Gasteiger partial charge on any atom is -0.399 e. The van der Waals surface area contributed by atoms with Crippen molar-refractivity contribution in [2.24, 2.45) is 0 Å². The van der Waals surface area contributed by atoms with Crippen LogP contribution in [0.25, 0.3) is 16.9 Å². The minimum absolute atomic E-state index is 0.354. The summed E-state index contributed by atoms with van der Waals surface area (Å²) in [5.74, 6) is 0.513. The summed E-state index contributed by atoms with van der Waals surface area (Å²) in [6, 6.07) is 9.56. The lowest BCUT2D eigenvalue weighted by atomic mass is 10.1. The molecule has 5 heteroatoms. The molecule has 0 saturated heterocycles. The second kappa shape index (κ2) is 3.86. The molecule has 0 aliphatic rings. The first-order valence-corrected chi connectivity index (χ1v) is 5.37. The SMILES string of the molecule is N#Cc1cn2cc(-c3cccc(N)c3)cnc2n1. The van der Waals surface area contributed by atoms with Crippen molar-refractivity contribution >= 4 is 11.5 Å². The summed E-state index contributed by atoms with van der Waals surface area (Å²) in [6.45, 7) is 0. The molecule has 18 heavy (non-hydrogen) atoms. The van der Waals surface area contributed by atoms with Gasteiger partial charge in [-0.15, -0.1) is 0 Å². The van der Waals surface area contributed by atoms with Gasteiger partial charge in [0.2, 0.25) is 5.78 Å². The van der Waals surface area contributed by atoms with E-state index in [2.05, 4.69) is 9.97 Å². The van der Waals surface area contributed by atoms with E-state index in [-0.39, 0.29) is 0 Å². The summed E-state index contributed by atoms with van der Waals surface area (Å²) in [6.07, 6.45) is 5.25. The molecule has 0 aliphatic heterocycles. The zero-order valence-corrected chi connectivity index (χ0v) is 9.41. The highest BCUT2D eigenvalue weighted by atomic mass is 15.1. The fraction of sp³-hybridized carbons (Fsp3) is 0. The zero-order valence-electron chi connectivity index (χ0n) is 9.41. The largest absolute Gasteiger partial charge is 0.399 e. The Morgan fingerprint density at radius 3 is 2.89 bits per heavy atom. The molecule has 2 N–H and O–H groups in total. The lowest BCUT2D eigenvalue weighted by Gasteiger charge is -2.02. The maximum atomic E-state index is 8.79. The quantitative estimate of drug-likeness (QED) is 0.653. The zero-order chi connectivity index (χ0) is 12.5. The molecular formula is C13H9N5. The third-order valence-electron chi connectivity index (χ3n) is 2.64. The second-order valence-corrected chi connectivity index (χ2v) is 3.91. The van der Waals surface area contributed by atoms with E-state index in [0.717, 1.165) is 11.1 Å². The van der Waals surface area contributed by atoms with Crippen LogP contribution in [0.1, 0.15) is 5.69 Å². The number of hydrogen-bond donors (Lipinski definition) is 1.